The van der Waals surface area contributed by atoms with Crippen LogP contribution in [0.15, 0.2) is 176 Å². The molecule has 0 saturated carbocycles. The Morgan fingerprint density at radius 1 is 0.434 bits per heavy atom. The molecule has 0 aliphatic carbocycles. The van der Waals surface area contributed by atoms with Crippen LogP contribution in [0, 0.1) is 5.82 Å². The lowest BCUT2D eigenvalue weighted by molar-refractivity contribution is 0.506. The summed E-state index contributed by atoms with van der Waals surface area (Å²) < 4.78 is 18.8. The summed E-state index contributed by atoms with van der Waals surface area (Å²) in [5, 5.41) is 14.9. The number of hydrogen-bond acceptors (Lipinski definition) is 2. The average molecular weight is 685 g/mol. The molecular formula is C48H33FN4. The van der Waals surface area contributed by atoms with E-state index in [0.717, 1.165) is 39.2 Å². The van der Waals surface area contributed by atoms with Gasteiger partial charge in [0.2, 0.25) is 0 Å². The quantitative estimate of drug-likeness (QED) is 0.193. The summed E-state index contributed by atoms with van der Waals surface area (Å²) in [5.41, 5.74) is 11.4. The van der Waals surface area contributed by atoms with Gasteiger partial charge in [-0.2, -0.15) is 0 Å². The molecule has 2 N–H and O–H groups in total. The zero-order valence-corrected chi connectivity index (χ0v) is 28.7. The molecular weight excluding hydrogens is 652 g/mol. The molecule has 5 heteroatoms. The van der Waals surface area contributed by atoms with Crippen molar-refractivity contribution in [2.45, 2.75) is 12.2 Å². The molecule has 3 heterocycles. The molecule has 11 rings (SSSR count). The van der Waals surface area contributed by atoms with Gasteiger partial charge in [-0.1, -0.05) is 115 Å². The highest BCUT2D eigenvalue weighted by molar-refractivity contribution is 6.12. The van der Waals surface area contributed by atoms with E-state index in [-0.39, 0.29) is 18.0 Å². The number of halogens is 1. The van der Waals surface area contributed by atoms with E-state index in [2.05, 4.69) is 171 Å². The summed E-state index contributed by atoms with van der Waals surface area (Å²) in [6.07, 6.45) is -0.213. The van der Waals surface area contributed by atoms with Crippen molar-refractivity contribution in [3.05, 3.63) is 198 Å². The number of nitrogens with zero attached hydrogens (tertiary/aromatic N) is 2. The molecule has 0 bridgehead atoms. The molecule has 53 heavy (non-hydrogen) atoms. The van der Waals surface area contributed by atoms with E-state index in [4.69, 9.17) is 0 Å². The molecule has 0 radical (unpaired) electrons. The minimum absolute atomic E-state index is 0.110. The smallest absolute Gasteiger partial charge is 0.123 e. The number of rotatable bonds is 4. The van der Waals surface area contributed by atoms with Crippen LogP contribution in [-0.4, -0.2) is 9.13 Å². The molecule has 10 aromatic rings. The lowest BCUT2D eigenvalue weighted by atomic mass is 9.90. The van der Waals surface area contributed by atoms with E-state index < -0.39 is 0 Å². The van der Waals surface area contributed by atoms with E-state index in [1.807, 2.05) is 12.1 Å². The normalized spacial score (nSPS) is 15.7. The molecule has 2 atom stereocenters. The van der Waals surface area contributed by atoms with Gasteiger partial charge in [0.25, 0.3) is 0 Å². The molecule has 1 aliphatic rings. The van der Waals surface area contributed by atoms with Crippen LogP contribution >= 0.6 is 0 Å². The number of benzene rings is 8. The molecule has 0 amide bonds. The van der Waals surface area contributed by atoms with Crippen molar-refractivity contribution < 1.29 is 4.39 Å². The van der Waals surface area contributed by atoms with Crippen LogP contribution in [0.1, 0.15) is 28.9 Å². The van der Waals surface area contributed by atoms with Gasteiger partial charge in [0, 0.05) is 44.0 Å². The summed E-state index contributed by atoms with van der Waals surface area (Å²) >= 11 is 0. The average Bonchev–Trinajstić information content (AvgIpc) is 3.73. The molecule has 252 valence electrons. The minimum Gasteiger partial charge on any atom is -0.365 e. The zero-order chi connectivity index (χ0) is 35.0. The number of para-hydroxylation sites is 3. The van der Waals surface area contributed by atoms with Crippen LogP contribution in [0.2, 0.25) is 0 Å². The van der Waals surface area contributed by atoms with Crippen LogP contribution in [0.4, 0.5) is 10.1 Å². The van der Waals surface area contributed by atoms with Crippen LogP contribution in [0.25, 0.3) is 65.8 Å². The van der Waals surface area contributed by atoms with Crippen LogP contribution in [0.5, 0.6) is 0 Å². The van der Waals surface area contributed by atoms with E-state index in [1.165, 1.54) is 61.0 Å². The lowest BCUT2D eigenvalue weighted by Crippen LogP contribution is -2.37. The van der Waals surface area contributed by atoms with E-state index in [9.17, 15) is 4.39 Å². The molecule has 0 fully saturated rings. The highest BCUT2D eigenvalue weighted by atomic mass is 19.1. The molecule has 2 aromatic heterocycles. The first kappa shape index (κ1) is 30.0. The maximum atomic E-state index is 14.0. The fraction of sp³-hybridized carbons (Fsp3) is 0.0417. The molecule has 0 spiro atoms. The Labute approximate surface area is 305 Å². The lowest BCUT2D eigenvalue weighted by Gasteiger charge is -2.36. The third-order valence-electron chi connectivity index (χ3n) is 11.1. The largest absolute Gasteiger partial charge is 0.365 e. The number of anilines is 1. The SMILES string of the molecule is Fc1ccc(C2Nc3c(ccc4ccccc34)C(c3cccc(-n4c5ccccc5c5cc(-n6c7ccccc7c7ccccc76)ccc54)c3)N2)cc1. The van der Waals surface area contributed by atoms with Crippen molar-refractivity contribution in [2.24, 2.45) is 0 Å². The topological polar surface area (TPSA) is 33.9 Å². The molecule has 0 saturated heterocycles. The van der Waals surface area contributed by atoms with E-state index in [1.54, 1.807) is 0 Å². The van der Waals surface area contributed by atoms with E-state index in [0.29, 0.717) is 0 Å². The maximum Gasteiger partial charge on any atom is 0.123 e. The monoisotopic (exact) mass is 684 g/mol. The number of nitrogens with one attached hydrogen (secondary N) is 2. The molecule has 1 aliphatic heterocycles. The molecule has 2 unspecified atom stereocenters. The molecule has 4 nitrogen and oxygen atoms in total. The predicted molar refractivity (Wildman–Crippen MR) is 217 cm³/mol. The first-order valence-electron chi connectivity index (χ1n) is 18.1. The Balaban J connectivity index is 1.08. The third-order valence-corrected chi connectivity index (χ3v) is 11.1. The van der Waals surface area contributed by atoms with Crippen molar-refractivity contribution >= 4 is 60.1 Å². The second kappa shape index (κ2) is 11.7. The van der Waals surface area contributed by atoms with E-state index >= 15 is 0 Å². The van der Waals surface area contributed by atoms with Crippen LogP contribution < -0.4 is 10.6 Å². The van der Waals surface area contributed by atoms with Crippen molar-refractivity contribution in [1.82, 2.24) is 14.5 Å². The fourth-order valence-corrected chi connectivity index (χ4v) is 8.67. The first-order valence-corrected chi connectivity index (χ1v) is 18.1. The summed E-state index contributed by atoms with van der Waals surface area (Å²) in [6.45, 7) is 0. The van der Waals surface area contributed by atoms with Crippen molar-refractivity contribution in [1.29, 1.82) is 0 Å². The Kier molecular flexibility index (Phi) is 6.60. The second-order valence-corrected chi connectivity index (χ2v) is 14.0. The fourth-order valence-electron chi connectivity index (χ4n) is 8.67. The number of hydrogen-bond donors (Lipinski definition) is 2. The van der Waals surface area contributed by atoms with Gasteiger partial charge in [-0.3, -0.25) is 5.32 Å². The number of aromatic nitrogens is 2. The van der Waals surface area contributed by atoms with Gasteiger partial charge in [0.05, 0.1) is 28.1 Å². The second-order valence-electron chi connectivity index (χ2n) is 14.0. The standard InChI is InChI=1S/C48H33FN4/c49-33-23-20-31(21-24-33)48-50-46(40-26-22-30-10-1-2-13-36(30)47(40)51-48)32-11-9-12-34(28-32)52-44-19-8-5-16-39(44)41-29-35(25-27-45(41)52)53-42-17-6-3-14-37(42)38-15-4-7-18-43(38)53/h1-29,46,48,50-51H. The maximum absolute atomic E-state index is 14.0. The van der Waals surface area contributed by atoms with Gasteiger partial charge < -0.3 is 14.5 Å². The van der Waals surface area contributed by atoms with Gasteiger partial charge >= 0.3 is 0 Å². The predicted octanol–water partition coefficient (Wildman–Crippen LogP) is 12.0. The van der Waals surface area contributed by atoms with Gasteiger partial charge in [-0.25, -0.2) is 4.39 Å². The zero-order valence-electron chi connectivity index (χ0n) is 28.7. The minimum atomic E-state index is -0.243. The Bertz CT molecular complexity index is 2990. The van der Waals surface area contributed by atoms with Crippen molar-refractivity contribution in [2.75, 3.05) is 5.32 Å². The van der Waals surface area contributed by atoms with Crippen LogP contribution in [0.3, 0.4) is 0 Å². The highest BCUT2D eigenvalue weighted by Gasteiger charge is 2.29. The van der Waals surface area contributed by atoms with Crippen molar-refractivity contribution in [3.8, 4) is 11.4 Å². The summed E-state index contributed by atoms with van der Waals surface area (Å²) in [6, 6.07) is 61.4. The Hall–Kier alpha value is -6.69. The highest BCUT2D eigenvalue weighted by Crippen LogP contribution is 2.42. The summed E-state index contributed by atoms with van der Waals surface area (Å²) in [7, 11) is 0. The Morgan fingerprint density at radius 3 is 1.72 bits per heavy atom. The van der Waals surface area contributed by atoms with Gasteiger partial charge in [-0.15, -0.1) is 0 Å². The van der Waals surface area contributed by atoms with Crippen LogP contribution in [-0.2, 0) is 0 Å². The van der Waals surface area contributed by atoms with Gasteiger partial charge in [0.15, 0.2) is 0 Å². The summed E-state index contributed by atoms with van der Waals surface area (Å²) in [4.78, 5) is 0. The van der Waals surface area contributed by atoms with Gasteiger partial charge in [-0.05, 0) is 82.7 Å². The third kappa shape index (κ3) is 4.64. The molecule has 8 aromatic carbocycles. The summed E-state index contributed by atoms with van der Waals surface area (Å²) in [5.74, 6) is -0.243. The van der Waals surface area contributed by atoms with Gasteiger partial charge in [0.1, 0.15) is 12.0 Å². The number of fused-ring (bicyclic) bond motifs is 9. The van der Waals surface area contributed by atoms with Crippen molar-refractivity contribution in [3.63, 3.8) is 0 Å². The Morgan fingerprint density at radius 2 is 1.02 bits per heavy atom. The first-order chi connectivity index (χ1) is 26.2.